The molecule has 1 fully saturated rings. The van der Waals surface area contributed by atoms with Gasteiger partial charge in [-0.25, -0.2) is 0 Å². The molecule has 5 rings (SSSR count). The van der Waals surface area contributed by atoms with Crippen LogP contribution in [0.5, 0.6) is 0 Å². The lowest BCUT2D eigenvalue weighted by Crippen LogP contribution is -2.37. The third-order valence-electron chi connectivity index (χ3n) is 5.64. The Hall–Kier alpha value is -2.34. The van der Waals surface area contributed by atoms with Gasteiger partial charge in [0.1, 0.15) is 5.52 Å². The summed E-state index contributed by atoms with van der Waals surface area (Å²) in [7, 11) is 0. The number of para-hydroxylation sites is 1. The van der Waals surface area contributed by atoms with Gasteiger partial charge in [0.15, 0.2) is 0 Å². The lowest BCUT2D eigenvalue weighted by atomic mass is 10.1. The van der Waals surface area contributed by atoms with Crippen molar-refractivity contribution in [3.05, 3.63) is 57.8 Å². The standard InChI is InChI=1S/C22H22ClN3O2/c23-15-6-7-18-17(14-15)20-16-4-1-2-5-19(16)26(22(27)21(20)24-18)9-3-8-25-10-12-28-13-11-25/h1-2,4-7,14,24H,3,8-13H2. The minimum atomic E-state index is 0.0306. The Morgan fingerprint density at radius 1 is 1.04 bits per heavy atom. The first-order chi connectivity index (χ1) is 13.7. The summed E-state index contributed by atoms with van der Waals surface area (Å²) in [6, 6.07) is 13.9. The number of nitrogens with one attached hydrogen (secondary N) is 1. The van der Waals surface area contributed by atoms with Crippen LogP contribution in [0.3, 0.4) is 0 Å². The third-order valence-corrected chi connectivity index (χ3v) is 5.88. The van der Waals surface area contributed by atoms with E-state index in [-0.39, 0.29) is 5.56 Å². The van der Waals surface area contributed by atoms with Crippen molar-refractivity contribution in [3.63, 3.8) is 0 Å². The van der Waals surface area contributed by atoms with Crippen molar-refractivity contribution in [2.45, 2.75) is 13.0 Å². The molecule has 0 bridgehead atoms. The van der Waals surface area contributed by atoms with Crippen LogP contribution < -0.4 is 5.56 Å². The van der Waals surface area contributed by atoms with E-state index in [1.54, 1.807) is 0 Å². The summed E-state index contributed by atoms with van der Waals surface area (Å²) in [6.07, 6.45) is 0.932. The van der Waals surface area contributed by atoms with Gasteiger partial charge in [0.2, 0.25) is 0 Å². The van der Waals surface area contributed by atoms with Crippen molar-refractivity contribution in [3.8, 4) is 0 Å². The Labute approximate surface area is 167 Å². The molecule has 2 aromatic carbocycles. The molecule has 0 radical (unpaired) electrons. The molecule has 0 atom stereocenters. The number of aromatic amines is 1. The number of fused-ring (bicyclic) bond motifs is 5. The number of aryl methyl sites for hydroxylation is 1. The van der Waals surface area contributed by atoms with Crippen LogP contribution in [-0.4, -0.2) is 47.3 Å². The molecule has 1 aliphatic rings. The van der Waals surface area contributed by atoms with Crippen LogP contribution >= 0.6 is 11.6 Å². The minimum absolute atomic E-state index is 0.0306. The molecular weight excluding hydrogens is 374 g/mol. The second-order valence-electron chi connectivity index (χ2n) is 7.35. The molecule has 0 spiro atoms. The van der Waals surface area contributed by atoms with Crippen LogP contribution in [0, 0.1) is 0 Å². The van der Waals surface area contributed by atoms with Crippen molar-refractivity contribution in [1.82, 2.24) is 14.5 Å². The highest BCUT2D eigenvalue weighted by molar-refractivity contribution is 6.32. The summed E-state index contributed by atoms with van der Waals surface area (Å²) in [5, 5.41) is 3.71. The molecule has 1 aliphatic heterocycles. The molecule has 2 aromatic heterocycles. The van der Waals surface area contributed by atoms with Gasteiger partial charge in [-0.1, -0.05) is 29.8 Å². The van der Waals surface area contributed by atoms with Gasteiger partial charge in [0.05, 0.1) is 18.7 Å². The van der Waals surface area contributed by atoms with E-state index >= 15 is 0 Å². The number of nitrogens with zero attached hydrogens (tertiary/aromatic N) is 2. The smallest absolute Gasteiger partial charge is 0.275 e. The van der Waals surface area contributed by atoms with E-state index in [0.29, 0.717) is 17.1 Å². The van der Waals surface area contributed by atoms with Crippen molar-refractivity contribution in [1.29, 1.82) is 0 Å². The van der Waals surface area contributed by atoms with Gasteiger partial charge < -0.3 is 14.3 Å². The summed E-state index contributed by atoms with van der Waals surface area (Å²) >= 11 is 6.23. The number of benzene rings is 2. The van der Waals surface area contributed by atoms with Gasteiger partial charge in [-0.15, -0.1) is 0 Å². The molecule has 1 N–H and O–H groups in total. The predicted molar refractivity (Wildman–Crippen MR) is 114 cm³/mol. The maximum Gasteiger partial charge on any atom is 0.275 e. The average molecular weight is 396 g/mol. The zero-order chi connectivity index (χ0) is 19.1. The zero-order valence-electron chi connectivity index (χ0n) is 15.6. The van der Waals surface area contributed by atoms with Crippen LogP contribution in [0.4, 0.5) is 0 Å². The number of pyridine rings is 1. The number of H-pyrrole nitrogens is 1. The molecule has 6 heteroatoms. The van der Waals surface area contributed by atoms with E-state index in [4.69, 9.17) is 16.3 Å². The molecule has 3 heterocycles. The largest absolute Gasteiger partial charge is 0.379 e. The molecule has 144 valence electrons. The van der Waals surface area contributed by atoms with Crippen LogP contribution in [-0.2, 0) is 11.3 Å². The van der Waals surface area contributed by atoms with Gasteiger partial charge in [-0.05, 0) is 30.7 Å². The van der Waals surface area contributed by atoms with Crippen molar-refractivity contribution >= 4 is 44.3 Å². The fraction of sp³-hybridized carbons (Fsp3) is 0.318. The van der Waals surface area contributed by atoms with Crippen LogP contribution in [0.1, 0.15) is 6.42 Å². The number of morpholine rings is 1. The molecule has 5 nitrogen and oxygen atoms in total. The van der Waals surface area contributed by atoms with Crippen LogP contribution in [0.2, 0.25) is 5.02 Å². The van der Waals surface area contributed by atoms with Crippen molar-refractivity contribution in [2.24, 2.45) is 0 Å². The van der Waals surface area contributed by atoms with Crippen molar-refractivity contribution in [2.75, 3.05) is 32.8 Å². The summed E-state index contributed by atoms with van der Waals surface area (Å²) in [4.78, 5) is 19.1. The second kappa shape index (κ2) is 7.24. The first-order valence-corrected chi connectivity index (χ1v) is 10.1. The highest BCUT2D eigenvalue weighted by atomic mass is 35.5. The molecule has 4 aromatic rings. The maximum atomic E-state index is 13.3. The van der Waals surface area contributed by atoms with E-state index in [1.165, 1.54) is 0 Å². The Morgan fingerprint density at radius 2 is 1.86 bits per heavy atom. The average Bonchev–Trinajstić information content (AvgIpc) is 3.10. The fourth-order valence-electron chi connectivity index (χ4n) is 4.27. The van der Waals surface area contributed by atoms with Gasteiger partial charge in [0, 0.05) is 52.9 Å². The number of aromatic nitrogens is 2. The van der Waals surface area contributed by atoms with E-state index in [1.807, 2.05) is 41.0 Å². The molecule has 28 heavy (non-hydrogen) atoms. The number of hydrogen-bond acceptors (Lipinski definition) is 3. The van der Waals surface area contributed by atoms with E-state index < -0.39 is 0 Å². The fourth-order valence-corrected chi connectivity index (χ4v) is 4.44. The van der Waals surface area contributed by atoms with E-state index in [0.717, 1.165) is 66.5 Å². The third kappa shape index (κ3) is 3.00. The highest BCUT2D eigenvalue weighted by Gasteiger charge is 2.16. The highest BCUT2D eigenvalue weighted by Crippen LogP contribution is 2.31. The summed E-state index contributed by atoms with van der Waals surface area (Å²) in [5.41, 5.74) is 2.60. The number of halogens is 1. The lowest BCUT2D eigenvalue weighted by Gasteiger charge is -2.26. The predicted octanol–water partition coefficient (Wildman–Crippen LogP) is 4.01. The molecule has 0 saturated carbocycles. The van der Waals surface area contributed by atoms with E-state index in [9.17, 15) is 4.79 Å². The minimum Gasteiger partial charge on any atom is -0.379 e. The zero-order valence-corrected chi connectivity index (χ0v) is 16.3. The van der Waals surface area contributed by atoms with Gasteiger partial charge in [-0.2, -0.15) is 0 Å². The normalized spacial score (nSPS) is 15.8. The van der Waals surface area contributed by atoms with Crippen LogP contribution in [0.15, 0.2) is 47.3 Å². The van der Waals surface area contributed by atoms with Gasteiger partial charge >= 0.3 is 0 Å². The van der Waals surface area contributed by atoms with Gasteiger partial charge in [-0.3, -0.25) is 9.69 Å². The summed E-state index contributed by atoms with van der Waals surface area (Å²) in [6.45, 7) is 5.21. The summed E-state index contributed by atoms with van der Waals surface area (Å²) < 4.78 is 7.33. The Morgan fingerprint density at radius 3 is 2.71 bits per heavy atom. The Balaban J connectivity index is 1.61. The first-order valence-electron chi connectivity index (χ1n) is 9.75. The Bertz CT molecular complexity index is 1220. The van der Waals surface area contributed by atoms with E-state index in [2.05, 4.69) is 16.0 Å². The number of ether oxygens (including phenoxy) is 1. The quantitative estimate of drug-likeness (QED) is 0.568. The lowest BCUT2D eigenvalue weighted by molar-refractivity contribution is 0.0369. The second-order valence-corrected chi connectivity index (χ2v) is 7.78. The monoisotopic (exact) mass is 395 g/mol. The number of rotatable bonds is 4. The molecule has 0 amide bonds. The van der Waals surface area contributed by atoms with Crippen LogP contribution in [0.25, 0.3) is 32.7 Å². The molecule has 0 unspecified atom stereocenters. The molecule has 1 saturated heterocycles. The Kier molecular flexibility index (Phi) is 4.59. The topological polar surface area (TPSA) is 50.3 Å². The molecular formula is C22H22ClN3O2. The summed E-state index contributed by atoms with van der Waals surface area (Å²) in [5.74, 6) is 0. The maximum absolute atomic E-state index is 13.3. The first kappa shape index (κ1) is 17.7. The van der Waals surface area contributed by atoms with Gasteiger partial charge in [0.25, 0.3) is 5.56 Å². The van der Waals surface area contributed by atoms with Crippen molar-refractivity contribution < 1.29 is 4.74 Å². The number of hydrogen-bond donors (Lipinski definition) is 1. The SMILES string of the molecule is O=c1c2[nH]c3ccc(Cl)cc3c2c2ccccc2n1CCCN1CCOCC1. The molecule has 0 aliphatic carbocycles.